The van der Waals surface area contributed by atoms with Crippen LogP contribution in [-0.4, -0.2) is 45.6 Å². The lowest BCUT2D eigenvalue weighted by Gasteiger charge is -2.10. The van der Waals surface area contributed by atoms with Gasteiger partial charge in [0.15, 0.2) is 0 Å². The molecule has 6 heteroatoms. The first-order valence-corrected chi connectivity index (χ1v) is 5.17. The van der Waals surface area contributed by atoms with Crippen LogP contribution in [0.3, 0.4) is 0 Å². The van der Waals surface area contributed by atoms with Gasteiger partial charge in [-0.2, -0.15) is 0 Å². The van der Waals surface area contributed by atoms with Crippen molar-refractivity contribution < 1.29 is 18.3 Å². The Balaban J connectivity index is 3.88. The summed E-state index contributed by atoms with van der Waals surface area (Å²) < 4.78 is 29.2. The van der Waals surface area contributed by atoms with Crippen molar-refractivity contribution in [3.05, 3.63) is 0 Å². The zero-order chi connectivity index (χ0) is 9.61. The van der Waals surface area contributed by atoms with E-state index in [1.54, 1.807) is 0 Å². The molecule has 0 aliphatic carbocycles. The number of sulfonamides is 1. The molecule has 0 aromatic rings. The predicted molar refractivity (Wildman–Crippen MR) is 45.3 cm³/mol. The summed E-state index contributed by atoms with van der Waals surface area (Å²) in [4.78, 5) is 0. The summed E-state index contributed by atoms with van der Waals surface area (Å²) in [5, 5.41) is 7.81. The van der Waals surface area contributed by atoms with Gasteiger partial charge < -0.3 is 9.84 Å². The number of ether oxygens (including phenoxy) is 1. The van der Waals surface area contributed by atoms with Crippen molar-refractivity contribution in [3.8, 4) is 0 Å². The number of aliphatic hydroxyl groups excluding tert-OH is 1. The Morgan fingerprint density at radius 3 is 2.58 bits per heavy atom. The van der Waals surface area contributed by atoms with Crippen molar-refractivity contribution >= 4 is 10.0 Å². The number of nitrogens with one attached hydrogen (secondary N) is 1. The zero-order valence-electron chi connectivity index (χ0n) is 7.28. The van der Waals surface area contributed by atoms with E-state index in [1.807, 2.05) is 0 Å². The van der Waals surface area contributed by atoms with Crippen LogP contribution in [0.1, 0.15) is 6.92 Å². The first-order valence-electron chi connectivity index (χ1n) is 3.63. The van der Waals surface area contributed by atoms with E-state index in [0.717, 1.165) is 0 Å². The van der Waals surface area contributed by atoms with E-state index in [-0.39, 0.29) is 13.2 Å². The lowest BCUT2D eigenvalue weighted by Crippen LogP contribution is -2.36. The first-order chi connectivity index (χ1) is 5.54. The predicted octanol–water partition coefficient (Wildman–Crippen LogP) is -1.07. The Morgan fingerprint density at radius 2 is 2.17 bits per heavy atom. The van der Waals surface area contributed by atoms with E-state index in [0.29, 0.717) is 6.61 Å². The van der Waals surface area contributed by atoms with Crippen LogP contribution in [-0.2, 0) is 14.8 Å². The van der Waals surface area contributed by atoms with Crippen LogP contribution in [0, 0.1) is 0 Å². The van der Waals surface area contributed by atoms with Gasteiger partial charge in [0.25, 0.3) is 0 Å². The molecule has 2 N–H and O–H groups in total. The number of hydrogen-bond donors (Lipinski definition) is 2. The van der Waals surface area contributed by atoms with Crippen LogP contribution in [0.4, 0.5) is 0 Å². The Kier molecular flexibility index (Phi) is 5.39. The third-order valence-corrected chi connectivity index (χ3v) is 3.21. The summed E-state index contributed by atoms with van der Waals surface area (Å²) in [5.74, 6) is 0. The van der Waals surface area contributed by atoms with Crippen LogP contribution in [0.5, 0.6) is 0 Å². The van der Waals surface area contributed by atoms with Crippen LogP contribution in [0.2, 0.25) is 0 Å². The molecule has 0 saturated heterocycles. The summed E-state index contributed by atoms with van der Waals surface area (Å²) in [6, 6.07) is 0. The Hall–Kier alpha value is -0.170. The SMILES string of the molecule is COCCNS(=O)(=O)C(C)CO. The summed E-state index contributed by atoms with van der Waals surface area (Å²) >= 11 is 0. The van der Waals surface area contributed by atoms with Gasteiger partial charge in [-0.15, -0.1) is 0 Å². The minimum atomic E-state index is -3.36. The number of methoxy groups -OCH3 is 1. The van der Waals surface area contributed by atoms with Gasteiger partial charge >= 0.3 is 0 Å². The van der Waals surface area contributed by atoms with Gasteiger partial charge in [0.2, 0.25) is 10.0 Å². The first kappa shape index (κ1) is 11.8. The van der Waals surface area contributed by atoms with Gasteiger partial charge in [0.1, 0.15) is 0 Å². The third kappa shape index (κ3) is 4.01. The van der Waals surface area contributed by atoms with Crippen molar-refractivity contribution in [1.82, 2.24) is 4.72 Å². The fraction of sp³-hybridized carbons (Fsp3) is 1.00. The summed E-state index contributed by atoms with van der Waals surface area (Å²) in [7, 11) is -1.87. The molecule has 0 aromatic heterocycles. The van der Waals surface area contributed by atoms with E-state index >= 15 is 0 Å². The van der Waals surface area contributed by atoms with E-state index in [1.165, 1.54) is 14.0 Å². The van der Waals surface area contributed by atoms with Gasteiger partial charge in [-0.1, -0.05) is 0 Å². The second-order valence-electron chi connectivity index (χ2n) is 2.43. The van der Waals surface area contributed by atoms with Gasteiger partial charge in [-0.25, -0.2) is 13.1 Å². The molecule has 0 aliphatic heterocycles. The summed E-state index contributed by atoms with van der Waals surface area (Å²) in [6.07, 6.45) is 0. The van der Waals surface area contributed by atoms with Gasteiger partial charge in [-0.3, -0.25) is 0 Å². The van der Waals surface area contributed by atoms with Gasteiger partial charge in [0, 0.05) is 13.7 Å². The minimum absolute atomic E-state index is 0.239. The lowest BCUT2D eigenvalue weighted by molar-refractivity contribution is 0.204. The highest BCUT2D eigenvalue weighted by Gasteiger charge is 2.18. The van der Waals surface area contributed by atoms with Crippen molar-refractivity contribution in [3.63, 3.8) is 0 Å². The van der Waals surface area contributed by atoms with E-state index in [2.05, 4.69) is 9.46 Å². The molecule has 0 heterocycles. The second kappa shape index (κ2) is 5.47. The molecule has 0 saturated carbocycles. The molecule has 74 valence electrons. The zero-order valence-corrected chi connectivity index (χ0v) is 8.10. The van der Waals surface area contributed by atoms with Gasteiger partial charge in [0.05, 0.1) is 18.5 Å². The molecule has 5 nitrogen and oxygen atoms in total. The van der Waals surface area contributed by atoms with Crippen molar-refractivity contribution in [2.75, 3.05) is 26.9 Å². The lowest BCUT2D eigenvalue weighted by atomic mass is 10.5. The van der Waals surface area contributed by atoms with Crippen LogP contribution in [0.25, 0.3) is 0 Å². The Morgan fingerprint density at radius 1 is 1.58 bits per heavy atom. The molecule has 0 aliphatic rings. The van der Waals surface area contributed by atoms with Crippen molar-refractivity contribution in [1.29, 1.82) is 0 Å². The van der Waals surface area contributed by atoms with E-state index < -0.39 is 15.3 Å². The van der Waals surface area contributed by atoms with E-state index in [4.69, 9.17) is 5.11 Å². The molecule has 0 rings (SSSR count). The Labute approximate surface area is 72.8 Å². The van der Waals surface area contributed by atoms with E-state index in [9.17, 15) is 8.42 Å². The molecule has 0 spiro atoms. The maximum Gasteiger partial charge on any atom is 0.216 e. The third-order valence-electron chi connectivity index (χ3n) is 1.40. The van der Waals surface area contributed by atoms with Crippen LogP contribution in [0.15, 0.2) is 0 Å². The highest BCUT2D eigenvalue weighted by molar-refractivity contribution is 7.90. The maximum absolute atomic E-state index is 11.1. The molecule has 12 heavy (non-hydrogen) atoms. The molecular formula is C6H15NO4S. The standard InChI is InChI=1S/C6H15NO4S/c1-6(5-8)12(9,10)7-3-4-11-2/h6-8H,3-5H2,1-2H3. The fourth-order valence-corrected chi connectivity index (χ4v) is 1.37. The fourth-order valence-electron chi connectivity index (χ4n) is 0.526. The molecule has 0 fully saturated rings. The molecule has 0 amide bonds. The second-order valence-corrected chi connectivity index (χ2v) is 4.61. The summed E-state index contributed by atoms with van der Waals surface area (Å²) in [6.45, 7) is 1.64. The number of hydrogen-bond acceptors (Lipinski definition) is 4. The average molecular weight is 197 g/mol. The normalized spacial score (nSPS) is 14.6. The van der Waals surface area contributed by atoms with Crippen molar-refractivity contribution in [2.24, 2.45) is 0 Å². The van der Waals surface area contributed by atoms with Crippen LogP contribution >= 0.6 is 0 Å². The molecule has 0 aromatic carbocycles. The highest BCUT2D eigenvalue weighted by atomic mass is 32.2. The monoisotopic (exact) mass is 197 g/mol. The Bertz CT molecular complexity index is 202. The molecule has 1 unspecified atom stereocenters. The topological polar surface area (TPSA) is 75.6 Å². The maximum atomic E-state index is 11.1. The number of aliphatic hydroxyl groups is 1. The smallest absolute Gasteiger partial charge is 0.216 e. The molecular weight excluding hydrogens is 182 g/mol. The molecule has 0 bridgehead atoms. The van der Waals surface area contributed by atoms with Gasteiger partial charge in [-0.05, 0) is 6.92 Å². The average Bonchev–Trinajstić information content (AvgIpc) is 2.03. The van der Waals surface area contributed by atoms with Crippen molar-refractivity contribution in [2.45, 2.75) is 12.2 Å². The van der Waals surface area contributed by atoms with Crippen LogP contribution < -0.4 is 4.72 Å². The summed E-state index contributed by atoms with van der Waals surface area (Å²) in [5.41, 5.74) is 0. The quantitative estimate of drug-likeness (QED) is 0.532. The molecule has 0 radical (unpaired) electrons. The molecule has 1 atom stereocenters. The minimum Gasteiger partial charge on any atom is -0.395 e. The largest absolute Gasteiger partial charge is 0.395 e. The number of rotatable bonds is 6. The highest BCUT2D eigenvalue weighted by Crippen LogP contribution is 1.95.